The third-order valence-corrected chi connectivity index (χ3v) is 4.57. The number of carbonyl (C=O) groups excluding carboxylic acids is 4. The molecule has 0 bridgehead atoms. The van der Waals surface area contributed by atoms with Gasteiger partial charge in [0.05, 0.1) is 47.2 Å². The smallest absolute Gasteiger partial charge is 0.423 e. The molecule has 0 aliphatic carbocycles. The quantitative estimate of drug-likeness (QED) is 0.151. The molecule has 0 saturated heterocycles. The molecular weight excluding hydrogens is 562 g/mol. The number of hydrogen-bond acceptors (Lipinski definition) is 9. The molecule has 0 fully saturated rings. The number of halogens is 6. The second-order valence-electron chi connectivity index (χ2n) is 7.50. The fourth-order valence-electron chi connectivity index (χ4n) is 2.97. The second kappa shape index (κ2) is 12.8. The van der Waals surface area contributed by atoms with Crippen LogP contribution in [0.5, 0.6) is 0 Å². The predicted molar refractivity (Wildman–Crippen MR) is 125 cm³/mol. The van der Waals surface area contributed by atoms with E-state index in [1.807, 2.05) is 5.32 Å². The Morgan fingerprint density at radius 2 is 1.15 bits per heavy atom. The van der Waals surface area contributed by atoms with Gasteiger partial charge in [-0.1, -0.05) is 0 Å². The second-order valence-corrected chi connectivity index (χ2v) is 7.50. The first-order chi connectivity index (χ1) is 18.2. The number of nitrogens with one attached hydrogen (secondary N) is 2. The van der Waals surface area contributed by atoms with Gasteiger partial charge in [-0.15, -0.1) is 0 Å². The summed E-state index contributed by atoms with van der Waals surface area (Å²) in [7, 11) is 2.01. The van der Waals surface area contributed by atoms with Gasteiger partial charge in [0, 0.05) is 25.6 Å². The van der Waals surface area contributed by atoms with Crippen molar-refractivity contribution in [1.82, 2.24) is 0 Å². The Morgan fingerprint density at radius 3 is 1.48 bits per heavy atom. The van der Waals surface area contributed by atoms with Crippen LogP contribution in [0.2, 0.25) is 0 Å². The standard InChI is InChI=1S/C11H9F3N2O5.C11H11F3N2O3/c1-5(17)15-8-4-7(11(12,13)14)9(16(19)20)3-6(8)10(18)21-2;1-5(17)16-9-4-7(11(12,13)14)8(15)3-6(9)10(18)19-2/h3-4H,1-2H3,(H,15,17);3-4H,15H2,1-2H3,(H,16,17). The SMILES string of the molecule is COC(=O)c1cc(N)c(C(F)(F)F)cc1NC(C)=O.COC(=O)c1cc([N+](=O)[O-])c(C(F)(F)F)cc1NC(C)=O. The van der Waals surface area contributed by atoms with E-state index >= 15 is 0 Å². The van der Waals surface area contributed by atoms with E-state index in [1.54, 1.807) is 0 Å². The molecule has 0 saturated carbocycles. The molecular formula is C22H20F6N4O8. The topological polar surface area (TPSA) is 180 Å². The molecule has 12 nitrogen and oxygen atoms in total. The number of methoxy groups -OCH3 is 2. The Bertz CT molecular complexity index is 1340. The van der Waals surface area contributed by atoms with Crippen LogP contribution in [0.15, 0.2) is 24.3 Å². The van der Waals surface area contributed by atoms with Crippen LogP contribution < -0.4 is 16.4 Å². The molecule has 2 aromatic rings. The molecule has 218 valence electrons. The van der Waals surface area contributed by atoms with Crippen molar-refractivity contribution in [3.8, 4) is 0 Å². The van der Waals surface area contributed by atoms with E-state index in [9.17, 15) is 55.6 Å². The zero-order valence-corrected chi connectivity index (χ0v) is 20.9. The molecule has 0 spiro atoms. The lowest BCUT2D eigenvalue weighted by atomic mass is 10.1. The third kappa shape index (κ3) is 8.57. The number of nitrogens with two attached hydrogens (primary N) is 1. The van der Waals surface area contributed by atoms with Gasteiger partial charge in [-0.3, -0.25) is 19.7 Å². The molecule has 18 heteroatoms. The van der Waals surface area contributed by atoms with Gasteiger partial charge in [-0.2, -0.15) is 26.3 Å². The molecule has 2 rings (SSSR count). The summed E-state index contributed by atoms with van der Waals surface area (Å²) in [6, 6.07) is 2.16. The first-order valence-electron chi connectivity index (χ1n) is 10.4. The fourth-order valence-corrected chi connectivity index (χ4v) is 2.97. The molecule has 0 radical (unpaired) electrons. The molecule has 2 amide bonds. The fraction of sp³-hybridized carbons (Fsp3) is 0.273. The zero-order chi connectivity index (χ0) is 31.2. The van der Waals surface area contributed by atoms with Crippen LogP contribution in [0, 0.1) is 10.1 Å². The highest BCUT2D eigenvalue weighted by Gasteiger charge is 2.40. The minimum atomic E-state index is -5.02. The Morgan fingerprint density at radius 1 is 0.775 bits per heavy atom. The summed E-state index contributed by atoms with van der Waals surface area (Å²) in [6.45, 7) is 2.11. The number of alkyl halides is 6. The Kier molecular flexibility index (Phi) is 10.6. The Hall–Kier alpha value is -4.90. The van der Waals surface area contributed by atoms with Gasteiger partial charge in [0.1, 0.15) is 5.56 Å². The molecule has 0 aliphatic rings. The molecule has 0 heterocycles. The summed E-state index contributed by atoms with van der Waals surface area (Å²) in [5.41, 5.74) is -1.01. The predicted octanol–water partition coefficient (Wildman–Crippen LogP) is 4.39. The summed E-state index contributed by atoms with van der Waals surface area (Å²) in [5.74, 6) is -3.38. The monoisotopic (exact) mass is 582 g/mol. The molecule has 2 aromatic carbocycles. The van der Waals surface area contributed by atoms with Gasteiger partial charge in [0.15, 0.2) is 0 Å². The number of anilines is 3. The van der Waals surface area contributed by atoms with Crippen molar-refractivity contribution in [2.24, 2.45) is 0 Å². The Balaban J connectivity index is 0.000000402. The van der Waals surface area contributed by atoms with Crippen molar-refractivity contribution < 1.29 is 59.9 Å². The van der Waals surface area contributed by atoms with Crippen LogP contribution in [0.25, 0.3) is 0 Å². The van der Waals surface area contributed by atoms with Crippen molar-refractivity contribution in [2.45, 2.75) is 26.2 Å². The van der Waals surface area contributed by atoms with Crippen molar-refractivity contribution in [3.63, 3.8) is 0 Å². The molecule has 4 N–H and O–H groups in total. The highest BCUT2D eigenvalue weighted by molar-refractivity contribution is 6.02. The van der Waals surface area contributed by atoms with Gasteiger partial charge < -0.3 is 25.8 Å². The van der Waals surface area contributed by atoms with Gasteiger partial charge >= 0.3 is 24.3 Å². The summed E-state index contributed by atoms with van der Waals surface area (Å²) >= 11 is 0. The number of rotatable bonds is 5. The van der Waals surface area contributed by atoms with E-state index < -0.39 is 74.8 Å². The van der Waals surface area contributed by atoms with Crippen LogP contribution in [-0.4, -0.2) is 42.9 Å². The zero-order valence-electron chi connectivity index (χ0n) is 20.9. The average Bonchev–Trinajstić information content (AvgIpc) is 2.82. The molecule has 0 aliphatic heterocycles. The van der Waals surface area contributed by atoms with Crippen molar-refractivity contribution in [2.75, 3.05) is 30.6 Å². The summed E-state index contributed by atoms with van der Waals surface area (Å²) in [5, 5.41) is 14.9. The van der Waals surface area contributed by atoms with E-state index in [0.717, 1.165) is 34.1 Å². The number of benzene rings is 2. The van der Waals surface area contributed by atoms with Gasteiger partial charge in [0.25, 0.3) is 5.69 Å². The highest BCUT2D eigenvalue weighted by atomic mass is 19.4. The van der Waals surface area contributed by atoms with Crippen LogP contribution in [0.3, 0.4) is 0 Å². The van der Waals surface area contributed by atoms with E-state index in [2.05, 4.69) is 14.8 Å². The number of hydrogen-bond donors (Lipinski definition) is 3. The lowest BCUT2D eigenvalue weighted by Crippen LogP contribution is -2.16. The first-order valence-corrected chi connectivity index (χ1v) is 10.4. The third-order valence-electron chi connectivity index (χ3n) is 4.57. The van der Waals surface area contributed by atoms with E-state index in [1.165, 1.54) is 0 Å². The van der Waals surface area contributed by atoms with Crippen LogP contribution >= 0.6 is 0 Å². The number of ether oxygens (including phenoxy) is 2. The summed E-state index contributed by atoms with van der Waals surface area (Å²) in [4.78, 5) is 54.3. The van der Waals surface area contributed by atoms with Gasteiger partial charge in [-0.25, -0.2) is 9.59 Å². The molecule has 0 unspecified atom stereocenters. The summed E-state index contributed by atoms with van der Waals surface area (Å²) in [6.07, 6.45) is -9.71. The maximum atomic E-state index is 12.8. The number of nitro groups is 1. The van der Waals surface area contributed by atoms with Crippen LogP contribution in [-0.2, 0) is 31.4 Å². The molecule has 0 aromatic heterocycles. The number of nitrogens with zero attached hydrogens (tertiary/aromatic N) is 1. The number of nitrogen functional groups attached to an aromatic ring is 1. The van der Waals surface area contributed by atoms with Gasteiger partial charge in [0.2, 0.25) is 11.8 Å². The Labute approximate surface area is 220 Å². The molecule has 0 atom stereocenters. The van der Waals surface area contributed by atoms with Crippen molar-refractivity contribution in [1.29, 1.82) is 0 Å². The van der Waals surface area contributed by atoms with E-state index in [4.69, 9.17) is 5.73 Å². The minimum Gasteiger partial charge on any atom is -0.465 e. The summed E-state index contributed by atoms with van der Waals surface area (Å²) < 4.78 is 85.2. The lowest BCUT2D eigenvalue weighted by molar-refractivity contribution is -0.388. The van der Waals surface area contributed by atoms with Gasteiger partial charge in [-0.05, 0) is 18.2 Å². The number of esters is 2. The van der Waals surface area contributed by atoms with Crippen LogP contribution in [0.4, 0.5) is 49.1 Å². The largest absolute Gasteiger partial charge is 0.465 e. The first kappa shape index (κ1) is 33.1. The number of carbonyl (C=O) groups is 4. The average molecular weight is 582 g/mol. The van der Waals surface area contributed by atoms with E-state index in [0.29, 0.717) is 18.2 Å². The number of nitro benzene ring substituents is 1. The normalized spacial score (nSPS) is 10.9. The molecule has 40 heavy (non-hydrogen) atoms. The minimum absolute atomic E-state index is 0.247. The maximum absolute atomic E-state index is 12.8. The highest BCUT2D eigenvalue weighted by Crippen LogP contribution is 2.39. The maximum Gasteiger partial charge on any atom is 0.423 e. The van der Waals surface area contributed by atoms with E-state index in [-0.39, 0.29) is 11.3 Å². The van der Waals surface area contributed by atoms with Crippen molar-refractivity contribution >= 4 is 46.5 Å². The lowest BCUT2D eigenvalue weighted by Gasteiger charge is -2.15. The number of amides is 2. The van der Waals surface area contributed by atoms with Crippen molar-refractivity contribution in [3.05, 3.63) is 56.6 Å². The van der Waals surface area contributed by atoms with Crippen LogP contribution in [0.1, 0.15) is 45.7 Å².